The predicted octanol–water partition coefficient (Wildman–Crippen LogP) is 2.52. The maximum absolute atomic E-state index is 12.3. The molecule has 0 aliphatic carbocycles. The van der Waals surface area contributed by atoms with Crippen LogP contribution in [0.2, 0.25) is 0 Å². The van der Waals surface area contributed by atoms with Gasteiger partial charge in [-0.05, 0) is 46.6 Å². The molecular weight excluding hydrogens is 306 g/mol. The summed E-state index contributed by atoms with van der Waals surface area (Å²) in [6.07, 6.45) is 1.81. The standard InChI is InChI=1S/C18H27N3O3/c1-17(2)8-13(9-18(3,4)21-17)20-16(22)19-10-12-6-5-7-14-15(12)24-11-23-14/h5-7,13,21H,8-11H2,1-4H3,(H2,19,20,22). The number of para-hydroxylation sites is 1. The lowest BCUT2D eigenvalue weighted by atomic mass is 9.80. The Morgan fingerprint density at radius 3 is 2.62 bits per heavy atom. The van der Waals surface area contributed by atoms with Crippen molar-refractivity contribution in [3.8, 4) is 11.5 Å². The van der Waals surface area contributed by atoms with E-state index in [2.05, 4.69) is 43.6 Å². The number of carbonyl (C=O) groups is 1. The normalized spacial score (nSPS) is 21.3. The van der Waals surface area contributed by atoms with Crippen LogP contribution in [0.3, 0.4) is 0 Å². The van der Waals surface area contributed by atoms with Crippen LogP contribution in [0, 0.1) is 0 Å². The van der Waals surface area contributed by atoms with Crippen molar-refractivity contribution in [1.29, 1.82) is 0 Å². The molecule has 24 heavy (non-hydrogen) atoms. The monoisotopic (exact) mass is 333 g/mol. The summed E-state index contributed by atoms with van der Waals surface area (Å²) in [6.45, 7) is 9.33. The minimum Gasteiger partial charge on any atom is -0.454 e. The van der Waals surface area contributed by atoms with E-state index in [1.165, 1.54) is 0 Å². The number of urea groups is 1. The molecule has 132 valence electrons. The SMILES string of the molecule is CC1(C)CC(NC(=O)NCc2cccc3c2OCO3)CC(C)(C)N1. The Balaban J connectivity index is 1.56. The van der Waals surface area contributed by atoms with E-state index < -0.39 is 0 Å². The van der Waals surface area contributed by atoms with E-state index in [-0.39, 0.29) is 29.9 Å². The molecule has 2 heterocycles. The molecule has 0 spiro atoms. The lowest BCUT2D eigenvalue weighted by Gasteiger charge is -2.46. The number of amides is 2. The minimum absolute atomic E-state index is 0.00509. The van der Waals surface area contributed by atoms with Crippen LogP contribution in [0.5, 0.6) is 11.5 Å². The molecule has 1 fully saturated rings. The summed E-state index contributed by atoms with van der Waals surface area (Å²) < 4.78 is 10.8. The average molecular weight is 333 g/mol. The molecule has 3 N–H and O–H groups in total. The summed E-state index contributed by atoms with van der Waals surface area (Å²) in [6, 6.07) is 5.71. The van der Waals surface area contributed by atoms with Crippen molar-refractivity contribution in [2.24, 2.45) is 0 Å². The number of fused-ring (bicyclic) bond motifs is 1. The Labute approximate surface area is 143 Å². The molecule has 0 aromatic heterocycles. The molecule has 3 rings (SSSR count). The third-order valence-electron chi connectivity index (χ3n) is 4.44. The van der Waals surface area contributed by atoms with E-state index in [1.807, 2.05) is 18.2 Å². The first-order valence-corrected chi connectivity index (χ1v) is 8.45. The highest BCUT2D eigenvalue weighted by atomic mass is 16.7. The number of hydrogen-bond acceptors (Lipinski definition) is 4. The molecule has 6 heteroatoms. The molecule has 0 saturated carbocycles. The van der Waals surface area contributed by atoms with Gasteiger partial charge in [0.1, 0.15) is 0 Å². The number of ether oxygens (including phenoxy) is 2. The van der Waals surface area contributed by atoms with E-state index >= 15 is 0 Å². The average Bonchev–Trinajstić information content (AvgIpc) is 2.90. The van der Waals surface area contributed by atoms with Gasteiger partial charge in [-0.2, -0.15) is 0 Å². The van der Waals surface area contributed by atoms with Crippen molar-refractivity contribution >= 4 is 6.03 Å². The van der Waals surface area contributed by atoms with Crippen LogP contribution in [0.25, 0.3) is 0 Å². The second-order valence-electron chi connectivity index (χ2n) is 7.98. The minimum atomic E-state index is -0.148. The molecule has 0 bridgehead atoms. The Hall–Kier alpha value is -1.95. The Bertz CT molecular complexity index is 612. The first kappa shape index (κ1) is 16.9. The number of piperidine rings is 1. The van der Waals surface area contributed by atoms with E-state index in [0.717, 1.165) is 29.9 Å². The Morgan fingerprint density at radius 1 is 1.21 bits per heavy atom. The maximum Gasteiger partial charge on any atom is 0.315 e. The zero-order valence-corrected chi connectivity index (χ0v) is 14.9. The first-order chi connectivity index (χ1) is 11.2. The van der Waals surface area contributed by atoms with E-state index in [0.29, 0.717) is 6.54 Å². The van der Waals surface area contributed by atoms with Gasteiger partial charge in [0.05, 0.1) is 0 Å². The molecule has 2 aliphatic rings. The quantitative estimate of drug-likeness (QED) is 0.795. The van der Waals surface area contributed by atoms with Crippen LogP contribution in [0.1, 0.15) is 46.1 Å². The summed E-state index contributed by atoms with van der Waals surface area (Å²) >= 11 is 0. The van der Waals surface area contributed by atoms with Crippen LogP contribution in [0.4, 0.5) is 4.79 Å². The van der Waals surface area contributed by atoms with Gasteiger partial charge in [0, 0.05) is 29.2 Å². The number of hydrogen-bond donors (Lipinski definition) is 3. The van der Waals surface area contributed by atoms with Crippen molar-refractivity contribution in [3.05, 3.63) is 23.8 Å². The summed E-state index contributed by atoms with van der Waals surface area (Å²) in [7, 11) is 0. The zero-order valence-electron chi connectivity index (χ0n) is 14.9. The van der Waals surface area contributed by atoms with Crippen LogP contribution in [0.15, 0.2) is 18.2 Å². The molecule has 1 saturated heterocycles. The van der Waals surface area contributed by atoms with Gasteiger partial charge in [0.2, 0.25) is 6.79 Å². The van der Waals surface area contributed by atoms with Gasteiger partial charge in [-0.1, -0.05) is 12.1 Å². The van der Waals surface area contributed by atoms with Crippen LogP contribution in [-0.4, -0.2) is 29.9 Å². The fraction of sp³-hybridized carbons (Fsp3) is 0.611. The summed E-state index contributed by atoms with van der Waals surface area (Å²) in [5.74, 6) is 1.46. The molecule has 1 aromatic rings. The van der Waals surface area contributed by atoms with Crippen LogP contribution >= 0.6 is 0 Å². The lowest BCUT2D eigenvalue weighted by Crippen LogP contribution is -2.62. The van der Waals surface area contributed by atoms with E-state index in [1.54, 1.807) is 0 Å². The second kappa shape index (κ2) is 6.16. The first-order valence-electron chi connectivity index (χ1n) is 8.45. The highest BCUT2D eigenvalue weighted by Gasteiger charge is 2.38. The van der Waals surface area contributed by atoms with Gasteiger partial charge in [0.15, 0.2) is 11.5 Å². The molecule has 2 aliphatic heterocycles. The smallest absolute Gasteiger partial charge is 0.315 e. The lowest BCUT2D eigenvalue weighted by molar-refractivity contribution is 0.147. The van der Waals surface area contributed by atoms with E-state index in [4.69, 9.17) is 9.47 Å². The Kier molecular flexibility index (Phi) is 4.34. The molecule has 1 aromatic carbocycles. The van der Waals surface area contributed by atoms with Crippen molar-refractivity contribution in [1.82, 2.24) is 16.0 Å². The van der Waals surface area contributed by atoms with Gasteiger partial charge in [-0.15, -0.1) is 0 Å². The second-order valence-corrected chi connectivity index (χ2v) is 7.98. The largest absolute Gasteiger partial charge is 0.454 e. The fourth-order valence-electron chi connectivity index (χ4n) is 3.97. The van der Waals surface area contributed by atoms with Crippen molar-refractivity contribution in [2.45, 2.75) is 64.2 Å². The maximum atomic E-state index is 12.3. The number of nitrogens with one attached hydrogen (secondary N) is 3. The van der Waals surface area contributed by atoms with Gasteiger partial charge >= 0.3 is 6.03 Å². The molecule has 2 amide bonds. The molecule has 0 atom stereocenters. The predicted molar refractivity (Wildman–Crippen MR) is 92.3 cm³/mol. The van der Waals surface area contributed by atoms with Gasteiger partial charge < -0.3 is 25.4 Å². The van der Waals surface area contributed by atoms with Crippen molar-refractivity contribution < 1.29 is 14.3 Å². The fourth-order valence-corrected chi connectivity index (χ4v) is 3.97. The van der Waals surface area contributed by atoms with Gasteiger partial charge in [0.25, 0.3) is 0 Å². The zero-order chi connectivity index (χ0) is 17.4. The van der Waals surface area contributed by atoms with E-state index in [9.17, 15) is 4.79 Å². The summed E-state index contributed by atoms with van der Waals surface area (Å²) in [5.41, 5.74) is 0.933. The third kappa shape index (κ3) is 3.93. The summed E-state index contributed by atoms with van der Waals surface area (Å²) in [4.78, 5) is 12.3. The van der Waals surface area contributed by atoms with Crippen LogP contribution in [-0.2, 0) is 6.54 Å². The van der Waals surface area contributed by atoms with Crippen molar-refractivity contribution in [2.75, 3.05) is 6.79 Å². The highest BCUT2D eigenvalue weighted by molar-refractivity contribution is 5.74. The molecule has 6 nitrogen and oxygen atoms in total. The number of rotatable bonds is 3. The topological polar surface area (TPSA) is 71.6 Å². The third-order valence-corrected chi connectivity index (χ3v) is 4.44. The van der Waals surface area contributed by atoms with Gasteiger partial charge in [-0.3, -0.25) is 0 Å². The van der Waals surface area contributed by atoms with Gasteiger partial charge in [-0.25, -0.2) is 4.79 Å². The summed E-state index contributed by atoms with van der Waals surface area (Å²) in [5, 5.41) is 9.65. The molecule has 0 unspecified atom stereocenters. The molecule has 0 radical (unpaired) electrons. The molecular formula is C18H27N3O3. The Morgan fingerprint density at radius 2 is 1.92 bits per heavy atom. The number of carbonyl (C=O) groups excluding carboxylic acids is 1. The van der Waals surface area contributed by atoms with Crippen molar-refractivity contribution in [3.63, 3.8) is 0 Å². The van der Waals surface area contributed by atoms with Crippen LogP contribution < -0.4 is 25.4 Å². The highest BCUT2D eigenvalue weighted by Crippen LogP contribution is 2.35. The number of benzene rings is 1.